The molecule has 0 heterocycles. The zero-order chi connectivity index (χ0) is 23.5. The van der Waals surface area contributed by atoms with Crippen molar-refractivity contribution in [3.05, 3.63) is 71.8 Å². The molecule has 2 N–H and O–H groups in total. The van der Waals surface area contributed by atoms with Crippen LogP contribution in [-0.4, -0.2) is 54.2 Å². The lowest BCUT2D eigenvalue weighted by molar-refractivity contribution is -0.143. The maximum atomic E-state index is 12.6. The summed E-state index contributed by atoms with van der Waals surface area (Å²) in [6, 6.07) is 16.0. The second-order valence-electron chi connectivity index (χ2n) is 8.76. The number of carboxylic acid groups (broad SMARTS) is 1. The minimum atomic E-state index is -0.939. The highest BCUT2D eigenvalue weighted by atomic mass is 16.5. The number of carboxylic acids is 1. The fourth-order valence-corrected chi connectivity index (χ4v) is 4.64. The first kappa shape index (κ1) is 22.6. The largest absolute Gasteiger partial charge is 0.481 e. The summed E-state index contributed by atoms with van der Waals surface area (Å²) >= 11 is 0. The van der Waals surface area contributed by atoms with Crippen molar-refractivity contribution >= 4 is 18.0 Å². The topological polar surface area (TPSA) is 95.9 Å². The van der Waals surface area contributed by atoms with E-state index in [1.807, 2.05) is 24.3 Å². The zero-order valence-electron chi connectivity index (χ0n) is 18.7. The van der Waals surface area contributed by atoms with Gasteiger partial charge in [0.25, 0.3) is 0 Å². The van der Waals surface area contributed by atoms with Crippen molar-refractivity contribution in [3.8, 4) is 11.1 Å². The lowest BCUT2D eigenvalue weighted by Gasteiger charge is -2.23. The summed E-state index contributed by atoms with van der Waals surface area (Å²) in [5.41, 5.74) is 4.64. The molecule has 2 aromatic rings. The number of nitrogens with zero attached hydrogens (tertiary/aromatic N) is 1. The van der Waals surface area contributed by atoms with Crippen LogP contribution in [0.15, 0.2) is 60.7 Å². The first-order valence-electron chi connectivity index (χ1n) is 11.1. The van der Waals surface area contributed by atoms with E-state index in [1.54, 1.807) is 26.1 Å². The number of amides is 2. The number of alkyl carbamates (subject to hydrolysis) is 1. The maximum absolute atomic E-state index is 12.6. The van der Waals surface area contributed by atoms with Crippen LogP contribution in [0.5, 0.6) is 0 Å². The first-order valence-corrected chi connectivity index (χ1v) is 11.1. The summed E-state index contributed by atoms with van der Waals surface area (Å²) in [6.07, 6.45) is 3.46. The lowest BCUT2D eigenvalue weighted by atomic mass is 9.98. The molecular formula is C26H28N2O5. The van der Waals surface area contributed by atoms with Gasteiger partial charge in [-0.3, -0.25) is 9.59 Å². The molecule has 0 radical (unpaired) electrons. The van der Waals surface area contributed by atoms with Crippen LogP contribution in [0.2, 0.25) is 0 Å². The molecule has 7 heteroatoms. The fourth-order valence-electron chi connectivity index (χ4n) is 4.64. The van der Waals surface area contributed by atoms with Crippen molar-refractivity contribution < 1.29 is 24.2 Å². The van der Waals surface area contributed by atoms with E-state index in [2.05, 4.69) is 29.6 Å². The molecule has 2 aliphatic rings. The Bertz CT molecular complexity index is 1050. The van der Waals surface area contributed by atoms with Crippen molar-refractivity contribution in [3.63, 3.8) is 0 Å². The molecule has 0 spiro atoms. The molecule has 0 saturated heterocycles. The van der Waals surface area contributed by atoms with E-state index >= 15 is 0 Å². The third kappa shape index (κ3) is 4.77. The smallest absolute Gasteiger partial charge is 0.407 e. The number of carbonyl (C=O) groups is 3. The standard InChI is InChI=1S/C26H28N2O5/c1-16(25(30)31)14-28(2)24(29)17-11-12-18(13-17)27-26(32)33-15-23-21-9-5-3-7-19(21)20-8-4-6-10-22(20)23/h3-12,16-18,23H,13-15H2,1-2H3,(H,27,32)(H,30,31). The van der Waals surface area contributed by atoms with Crippen molar-refractivity contribution in [2.24, 2.45) is 11.8 Å². The second kappa shape index (κ2) is 9.48. The molecule has 172 valence electrons. The number of benzene rings is 2. The van der Waals surface area contributed by atoms with E-state index in [1.165, 1.54) is 16.0 Å². The van der Waals surface area contributed by atoms with Crippen LogP contribution in [0.3, 0.4) is 0 Å². The van der Waals surface area contributed by atoms with Crippen molar-refractivity contribution in [2.45, 2.75) is 25.3 Å². The molecule has 3 unspecified atom stereocenters. The highest BCUT2D eigenvalue weighted by Gasteiger charge is 2.31. The molecule has 3 atom stereocenters. The van der Waals surface area contributed by atoms with E-state index < -0.39 is 23.9 Å². The molecule has 0 bridgehead atoms. The van der Waals surface area contributed by atoms with Crippen molar-refractivity contribution in [2.75, 3.05) is 20.2 Å². The van der Waals surface area contributed by atoms with Gasteiger partial charge in [-0.15, -0.1) is 0 Å². The number of ether oxygens (including phenoxy) is 1. The molecule has 0 fully saturated rings. The lowest BCUT2D eigenvalue weighted by Crippen LogP contribution is -2.39. The monoisotopic (exact) mass is 448 g/mol. The zero-order valence-corrected chi connectivity index (χ0v) is 18.7. The summed E-state index contributed by atoms with van der Waals surface area (Å²) < 4.78 is 5.58. The van der Waals surface area contributed by atoms with Gasteiger partial charge < -0.3 is 20.1 Å². The average molecular weight is 449 g/mol. The minimum absolute atomic E-state index is 0.0125. The number of hydrogen-bond acceptors (Lipinski definition) is 4. The van der Waals surface area contributed by atoms with E-state index in [0.717, 1.165) is 11.1 Å². The Hall–Kier alpha value is -3.61. The van der Waals surface area contributed by atoms with Gasteiger partial charge in [0.1, 0.15) is 6.61 Å². The number of carbonyl (C=O) groups excluding carboxylic acids is 2. The molecule has 7 nitrogen and oxygen atoms in total. The normalized spacial score (nSPS) is 19.5. The van der Waals surface area contributed by atoms with Crippen LogP contribution in [0, 0.1) is 11.8 Å². The Kier molecular flexibility index (Phi) is 6.49. The van der Waals surface area contributed by atoms with Crippen LogP contribution in [0.4, 0.5) is 4.79 Å². The van der Waals surface area contributed by atoms with Crippen molar-refractivity contribution in [1.82, 2.24) is 10.2 Å². The van der Waals surface area contributed by atoms with E-state index in [0.29, 0.717) is 6.42 Å². The summed E-state index contributed by atoms with van der Waals surface area (Å²) in [7, 11) is 1.60. The number of rotatable bonds is 7. The maximum Gasteiger partial charge on any atom is 0.407 e. The molecule has 0 aromatic heterocycles. The Morgan fingerprint density at radius 2 is 1.67 bits per heavy atom. The average Bonchev–Trinajstić information content (AvgIpc) is 3.39. The number of hydrogen-bond donors (Lipinski definition) is 2. The molecule has 0 aliphatic heterocycles. The molecule has 0 saturated carbocycles. The predicted octanol–water partition coefficient (Wildman–Crippen LogP) is 3.65. The van der Waals surface area contributed by atoms with Gasteiger partial charge in [-0.2, -0.15) is 0 Å². The molecule has 33 heavy (non-hydrogen) atoms. The third-order valence-corrected chi connectivity index (χ3v) is 6.39. The van der Waals surface area contributed by atoms with Crippen LogP contribution in [0.25, 0.3) is 11.1 Å². The van der Waals surface area contributed by atoms with Gasteiger partial charge in [0, 0.05) is 19.5 Å². The first-order chi connectivity index (χ1) is 15.8. The van der Waals surface area contributed by atoms with Gasteiger partial charge in [-0.1, -0.05) is 67.6 Å². The Morgan fingerprint density at radius 1 is 1.06 bits per heavy atom. The van der Waals surface area contributed by atoms with Gasteiger partial charge in [0.05, 0.1) is 17.9 Å². The van der Waals surface area contributed by atoms with E-state index in [4.69, 9.17) is 9.84 Å². The molecule has 2 aromatic carbocycles. The Labute approximate surface area is 193 Å². The fraction of sp³-hybridized carbons (Fsp3) is 0.346. The van der Waals surface area contributed by atoms with Crippen molar-refractivity contribution in [1.29, 1.82) is 0 Å². The van der Waals surface area contributed by atoms with Crippen LogP contribution >= 0.6 is 0 Å². The summed E-state index contributed by atoms with van der Waals surface area (Å²) in [4.78, 5) is 37.6. The van der Waals surface area contributed by atoms with E-state index in [-0.39, 0.29) is 31.0 Å². The summed E-state index contributed by atoms with van der Waals surface area (Å²) in [5.74, 6) is -2.14. The van der Waals surface area contributed by atoms with E-state index in [9.17, 15) is 14.4 Å². The quantitative estimate of drug-likeness (QED) is 0.631. The molecular weight excluding hydrogens is 420 g/mol. The number of fused-ring (bicyclic) bond motifs is 3. The summed E-state index contributed by atoms with van der Waals surface area (Å²) in [5, 5.41) is 11.9. The Balaban J connectivity index is 1.30. The number of nitrogens with one attached hydrogen (secondary N) is 1. The van der Waals surface area contributed by atoms with Gasteiger partial charge in [0.2, 0.25) is 5.91 Å². The highest BCUT2D eigenvalue weighted by Crippen LogP contribution is 2.44. The minimum Gasteiger partial charge on any atom is -0.481 e. The number of aliphatic carboxylic acids is 1. The van der Waals surface area contributed by atoms with Crippen LogP contribution in [0.1, 0.15) is 30.4 Å². The third-order valence-electron chi connectivity index (χ3n) is 6.39. The van der Waals surface area contributed by atoms with Gasteiger partial charge in [-0.05, 0) is 28.7 Å². The molecule has 2 amide bonds. The second-order valence-corrected chi connectivity index (χ2v) is 8.76. The summed E-state index contributed by atoms with van der Waals surface area (Å²) in [6.45, 7) is 1.94. The van der Waals surface area contributed by atoms with Crippen LogP contribution in [-0.2, 0) is 14.3 Å². The molecule has 2 aliphatic carbocycles. The van der Waals surface area contributed by atoms with Gasteiger partial charge >= 0.3 is 12.1 Å². The molecule has 4 rings (SSSR count). The highest BCUT2D eigenvalue weighted by molar-refractivity contribution is 5.82. The Morgan fingerprint density at radius 3 is 2.27 bits per heavy atom. The SMILES string of the molecule is CC(CN(C)C(=O)C1C=CC(NC(=O)OCC2c3ccccc3-c3ccccc32)C1)C(=O)O. The van der Waals surface area contributed by atoms with Crippen LogP contribution < -0.4 is 5.32 Å². The van der Waals surface area contributed by atoms with Gasteiger partial charge in [0.15, 0.2) is 0 Å². The predicted molar refractivity (Wildman–Crippen MR) is 124 cm³/mol. The van der Waals surface area contributed by atoms with Gasteiger partial charge in [-0.25, -0.2) is 4.79 Å².